The summed E-state index contributed by atoms with van der Waals surface area (Å²) in [6.07, 6.45) is 0.479. The maximum absolute atomic E-state index is 8.61. The summed E-state index contributed by atoms with van der Waals surface area (Å²) < 4.78 is 0. The van der Waals surface area contributed by atoms with Gasteiger partial charge in [0.2, 0.25) is 0 Å². The Labute approximate surface area is 99.1 Å². The minimum atomic E-state index is -0.175. The fourth-order valence-electron chi connectivity index (χ4n) is 1.34. The Kier molecular flexibility index (Phi) is 5.87. The normalized spacial score (nSPS) is 12.7. The number of rotatable bonds is 4. The molecule has 0 atom stereocenters. The van der Waals surface area contributed by atoms with Crippen molar-refractivity contribution in [3.8, 4) is 6.07 Å². The molecule has 0 radical (unpaired) electrons. The fourth-order valence-corrected chi connectivity index (χ4v) is 1.34. The molecule has 0 aromatic rings. The van der Waals surface area contributed by atoms with E-state index in [0.717, 1.165) is 6.54 Å². The summed E-state index contributed by atoms with van der Waals surface area (Å²) in [6, 6.07) is 2.14. The van der Waals surface area contributed by atoms with Crippen molar-refractivity contribution in [1.82, 2.24) is 4.90 Å². The van der Waals surface area contributed by atoms with Gasteiger partial charge in [-0.3, -0.25) is 0 Å². The Balaban J connectivity index is 4.62. The average Bonchev–Trinajstić information content (AvgIpc) is 2.08. The Morgan fingerprint density at radius 2 is 2.00 bits per heavy atom. The second-order valence-electron chi connectivity index (χ2n) is 5.39. The molecular formula is C12H24N4. The van der Waals surface area contributed by atoms with Gasteiger partial charge in [-0.2, -0.15) is 5.26 Å². The first-order chi connectivity index (χ1) is 7.26. The molecule has 0 aromatic heterocycles. The highest BCUT2D eigenvalue weighted by Crippen LogP contribution is 2.08. The topological polar surface area (TPSA) is 65.4 Å². The Hall–Kier alpha value is -1.24. The van der Waals surface area contributed by atoms with E-state index in [2.05, 4.69) is 24.9 Å². The third-order valence-corrected chi connectivity index (χ3v) is 1.85. The second-order valence-corrected chi connectivity index (χ2v) is 5.39. The van der Waals surface area contributed by atoms with Crippen LogP contribution in [0.5, 0.6) is 0 Å². The van der Waals surface area contributed by atoms with Crippen molar-refractivity contribution >= 4 is 5.96 Å². The van der Waals surface area contributed by atoms with Crippen LogP contribution in [0.2, 0.25) is 0 Å². The lowest BCUT2D eigenvalue weighted by Crippen LogP contribution is -2.41. The van der Waals surface area contributed by atoms with E-state index >= 15 is 0 Å². The molecule has 0 spiro atoms. The van der Waals surface area contributed by atoms with Crippen molar-refractivity contribution in [2.75, 3.05) is 13.1 Å². The molecule has 0 saturated carbocycles. The van der Waals surface area contributed by atoms with Crippen molar-refractivity contribution in [2.24, 2.45) is 16.6 Å². The van der Waals surface area contributed by atoms with Gasteiger partial charge in [0, 0.05) is 13.1 Å². The van der Waals surface area contributed by atoms with Gasteiger partial charge in [-0.1, -0.05) is 13.8 Å². The molecule has 4 nitrogen and oxygen atoms in total. The fraction of sp³-hybridized carbons (Fsp3) is 0.833. The van der Waals surface area contributed by atoms with Crippen LogP contribution in [0.4, 0.5) is 0 Å². The lowest BCUT2D eigenvalue weighted by Gasteiger charge is -2.26. The zero-order chi connectivity index (χ0) is 12.8. The van der Waals surface area contributed by atoms with E-state index in [1.54, 1.807) is 0 Å². The lowest BCUT2D eigenvalue weighted by molar-refractivity contribution is 0.363. The molecule has 0 bridgehead atoms. The minimum absolute atomic E-state index is 0.175. The van der Waals surface area contributed by atoms with Gasteiger partial charge in [0.1, 0.15) is 0 Å². The number of nitriles is 1. The summed E-state index contributed by atoms with van der Waals surface area (Å²) >= 11 is 0. The standard InChI is InChI=1S/C12H24N4/c1-10(2)9-16(8-6-7-13)11(14)15-12(3,4)5/h10H,6,8-9H2,1-5H3,(H2,14,15). The average molecular weight is 224 g/mol. The van der Waals surface area contributed by atoms with Crippen LogP contribution in [-0.4, -0.2) is 29.5 Å². The van der Waals surface area contributed by atoms with Crippen LogP contribution in [0.3, 0.4) is 0 Å². The Bertz CT molecular complexity index is 268. The SMILES string of the molecule is CC(C)CN(CCC#N)C(N)=NC(C)(C)C. The van der Waals surface area contributed by atoms with Crippen LogP contribution in [0.1, 0.15) is 41.0 Å². The summed E-state index contributed by atoms with van der Waals surface area (Å²) in [5.41, 5.74) is 5.79. The number of nitrogens with zero attached hydrogens (tertiary/aromatic N) is 3. The smallest absolute Gasteiger partial charge is 0.191 e. The van der Waals surface area contributed by atoms with Gasteiger partial charge in [0.05, 0.1) is 18.0 Å². The van der Waals surface area contributed by atoms with E-state index in [1.807, 2.05) is 25.7 Å². The zero-order valence-corrected chi connectivity index (χ0v) is 11.1. The molecule has 0 aromatic carbocycles. The third kappa shape index (κ3) is 7.10. The lowest BCUT2D eigenvalue weighted by atomic mass is 10.1. The molecule has 0 heterocycles. The number of hydrogen-bond acceptors (Lipinski definition) is 2. The van der Waals surface area contributed by atoms with Crippen LogP contribution in [0.15, 0.2) is 4.99 Å². The molecule has 92 valence electrons. The van der Waals surface area contributed by atoms with E-state index in [9.17, 15) is 0 Å². The van der Waals surface area contributed by atoms with Crippen LogP contribution in [0.25, 0.3) is 0 Å². The van der Waals surface area contributed by atoms with Crippen molar-refractivity contribution < 1.29 is 0 Å². The monoisotopic (exact) mass is 224 g/mol. The highest BCUT2D eigenvalue weighted by molar-refractivity contribution is 5.78. The van der Waals surface area contributed by atoms with Crippen LogP contribution in [-0.2, 0) is 0 Å². The van der Waals surface area contributed by atoms with Crippen molar-refractivity contribution in [3.05, 3.63) is 0 Å². The molecule has 4 heteroatoms. The summed E-state index contributed by atoms with van der Waals surface area (Å²) in [5.74, 6) is 1.05. The van der Waals surface area contributed by atoms with Gasteiger partial charge in [0.25, 0.3) is 0 Å². The quantitative estimate of drug-likeness (QED) is 0.586. The molecule has 0 unspecified atom stereocenters. The Morgan fingerprint density at radius 1 is 1.44 bits per heavy atom. The minimum Gasteiger partial charge on any atom is -0.370 e. The zero-order valence-electron chi connectivity index (χ0n) is 11.1. The van der Waals surface area contributed by atoms with Gasteiger partial charge >= 0.3 is 0 Å². The van der Waals surface area contributed by atoms with E-state index in [0.29, 0.717) is 24.8 Å². The molecule has 0 saturated heterocycles. The predicted octanol–water partition coefficient (Wildman–Crippen LogP) is 1.97. The molecule has 0 aliphatic rings. The summed E-state index contributed by atoms with van der Waals surface area (Å²) in [6.45, 7) is 11.8. The maximum Gasteiger partial charge on any atom is 0.191 e. The van der Waals surface area contributed by atoms with Crippen molar-refractivity contribution in [1.29, 1.82) is 5.26 Å². The van der Waals surface area contributed by atoms with E-state index in [4.69, 9.17) is 11.0 Å². The first-order valence-electron chi connectivity index (χ1n) is 5.73. The number of nitrogens with two attached hydrogens (primary N) is 1. The van der Waals surface area contributed by atoms with Crippen LogP contribution in [0, 0.1) is 17.2 Å². The van der Waals surface area contributed by atoms with Crippen LogP contribution < -0.4 is 5.73 Å². The summed E-state index contributed by atoms with van der Waals surface area (Å²) in [4.78, 5) is 6.41. The molecule has 2 N–H and O–H groups in total. The molecular weight excluding hydrogens is 200 g/mol. The van der Waals surface area contributed by atoms with Gasteiger partial charge < -0.3 is 10.6 Å². The highest BCUT2D eigenvalue weighted by Gasteiger charge is 2.14. The molecule has 0 amide bonds. The first kappa shape index (κ1) is 14.8. The summed E-state index contributed by atoms with van der Waals surface area (Å²) in [5, 5.41) is 8.61. The van der Waals surface area contributed by atoms with Crippen molar-refractivity contribution in [2.45, 2.75) is 46.6 Å². The molecule has 0 fully saturated rings. The maximum atomic E-state index is 8.61. The van der Waals surface area contributed by atoms with E-state index in [-0.39, 0.29) is 5.54 Å². The molecule has 0 rings (SSSR count). The highest BCUT2D eigenvalue weighted by atomic mass is 15.3. The molecule has 0 aliphatic carbocycles. The molecule has 16 heavy (non-hydrogen) atoms. The van der Waals surface area contributed by atoms with Gasteiger partial charge in [-0.15, -0.1) is 0 Å². The largest absolute Gasteiger partial charge is 0.370 e. The Morgan fingerprint density at radius 3 is 2.38 bits per heavy atom. The third-order valence-electron chi connectivity index (χ3n) is 1.85. The van der Waals surface area contributed by atoms with Crippen LogP contribution >= 0.6 is 0 Å². The first-order valence-corrected chi connectivity index (χ1v) is 5.73. The van der Waals surface area contributed by atoms with Gasteiger partial charge in [-0.05, 0) is 26.7 Å². The van der Waals surface area contributed by atoms with Gasteiger partial charge in [-0.25, -0.2) is 4.99 Å². The number of guanidine groups is 1. The van der Waals surface area contributed by atoms with E-state index in [1.165, 1.54) is 0 Å². The molecule has 0 aliphatic heterocycles. The second kappa shape index (κ2) is 6.37. The summed E-state index contributed by atoms with van der Waals surface area (Å²) in [7, 11) is 0. The van der Waals surface area contributed by atoms with Gasteiger partial charge in [0.15, 0.2) is 5.96 Å². The number of hydrogen-bond donors (Lipinski definition) is 1. The predicted molar refractivity (Wildman–Crippen MR) is 68.0 cm³/mol. The van der Waals surface area contributed by atoms with E-state index < -0.39 is 0 Å². The van der Waals surface area contributed by atoms with Crippen molar-refractivity contribution in [3.63, 3.8) is 0 Å². The number of aliphatic imine (C=N–C) groups is 1.